The summed E-state index contributed by atoms with van der Waals surface area (Å²) in [7, 11) is 0. The van der Waals surface area contributed by atoms with Crippen molar-refractivity contribution in [1.82, 2.24) is 15.1 Å². The zero-order valence-electron chi connectivity index (χ0n) is 11.6. The second-order valence-corrected chi connectivity index (χ2v) is 5.12. The number of nitrogens with zero attached hydrogens (tertiary/aromatic N) is 3. The van der Waals surface area contributed by atoms with E-state index in [2.05, 4.69) is 10.2 Å². The number of likely N-dealkylation sites (tertiary alicyclic amines) is 1. The number of aliphatic hydroxyl groups is 1. The van der Waals surface area contributed by atoms with E-state index in [9.17, 15) is 4.79 Å². The predicted molar refractivity (Wildman–Crippen MR) is 71.9 cm³/mol. The van der Waals surface area contributed by atoms with E-state index in [1.807, 2.05) is 24.8 Å². The van der Waals surface area contributed by atoms with E-state index >= 15 is 0 Å². The Morgan fingerprint density at radius 1 is 1.53 bits per heavy atom. The second kappa shape index (κ2) is 6.10. The first-order valence-corrected chi connectivity index (χ1v) is 6.89. The van der Waals surface area contributed by atoms with Crippen LogP contribution in [0.3, 0.4) is 0 Å². The molecule has 2 heterocycles. The van der Waals surface area contributed by atoms with Crippen LogP contribution in [0.1, 0.15) is 41.5 Å². The molecule has 1 aliphatic heterocycles. The van der Waals surface area contributed by atoms with Gasteiger partial charge in [0.2, 0.25) is 0 Å². The maximum atomic E-state index is 12.5. The molecule has 1 saturated heterocycles. The topological polar surface area (TPSA) is 66.3 Å². The third-order valence-electron chi connectivity index (χ3n) is 3.67. The van der Waals surface area contributed by atoms with E-state index in [-0.39, 0.29) is 12.5 Å². The van der Waals surface area contributed by atoms with Crippen LogP contribution in [0.2, 0.25) is 0 Å². The van der Waals surface area contributed by atoms with Crippen molar-refractivity contribution < 1.29 is 9.90 Å². The minimum Gasteiger partial charge on any atom is -0.396 e. The second-order valence-electron chi connectivity index (χ2n) is 5.12. The Hall–Kier alpha value is -1.49. The van der Waals surface area contributed by atoms with Crippen molar-refractivity contribution in [3.8, 4) is 0 Å². The Morgan fingerprint density at radius 3 is 3.00 bits per heavy atom. The molecular weight excluding hydrogens is 242 g/mol. The number of rotatable bonds is 4. The van der Waals surface area contributed by atoms with Gasteiger partial charge in [-0.05, 0) is 38.2 Å². The third-order valence-corrected chi connectivity index (χ3v) is 3.67. The summed E-state index contributed by atoms with van der Waals surface area (Å²) >= 11 is 0. The van der Waals surface area contributed by atoms with Gasteiger partial charge in [0.1, 0.15) is 0 Å². The van der Waals surface area contributed by atoms with Gasteiger partial charge in [-0.15, -0.1) is 0 Å². The first kappa shape index (κ1) is 13.9. The lowest BCUT2D eigenvalue weighted by Gasteiger charge is -2.18. The summed E-state index contributed by atoms with van der Waals surface area (Å²) in [6.07, 6.45) is 2.46. The fraction of sp³-hybridized carbons (Fsp3) is 0.643. The summed E-state index contributed by atoms with van der Waals surface area (Å²) in [5.41, 5.74) is 2.22. The number of carbonyl (C=O) groups is 1. The molecule has 0 aromatic carbocycles. The number of amides is 1. The molecule has 0 radical (unpaired) electrons. The van der Waals surface area contributed by atoms with Crippen molar-refractivity contribution in [3.63, 3.8) is 0 Å². The SMILES string of the molecule is CCc1nnc(C)cc1C(=O)N1CCC(CCO)C1. The average molecular weight is 263 g/mol. The van der Waals surface area contributed by atoms with Gasteiger partial charge in [0.25, 0.3) is 5.91 Å². The highest BCUT2D eigenvalue weighted by molar-refractivity contribution is 5.95. The molecule has 0 aliphatic carbocycles. The molecule has 19 heavy (non-hydrogen) atoms. The Bertz CT molecular complexity index is 462. The summed E-state index contributed by atoms with van der Waals surface area (Å²) < 4.78 is 0. The molecule has 1 fully saturated rings. The van der Waals surface area contributed by atoms with Gasteiger partial charge in [0.05, 0.1) is 17.0 Å². The number of aryl methyl sites for hydroxylation is 2. The van der Waals surface area contributed by atoms with E-state index in [4.69, 9.17) is 5.11 Å². The molecule has 1 aliphatic rings. The molecule has 1 unspecified atom stereocenters. The van der Waals surface area contributed by atoms with Gasteiger partial charge in [-0.25, -0.2) is 0 Å². The Kier molecular flexibility index (Phi) is 4.47. The minimum atomic E-state index is 0.0512. The largest absolute Gasteiger partial charge is 0.396 e. The Labute approximate surface area is 113 Å². The van der Waals surface area contributed by atoms with Gasteiger partial charge in [-0.2, -0.15) is 10.2 Å². The maximum absolute atomic E-state index is 12.5. The zero-order chi connectivity index (χ0) is 13.8. The van der Waals surface area contributed by atoms with Gasteiger partial charge >= 0.3 is 0 Å². The van der Waals surface area contributed by atoms with Crippen LogP contribution < -0.4 is 0 Å². The molecule has 5 heteroatoms. The van der Waals surface area contributed by atoms with Crippen LogP contribution in [-0.4, -0.2) is 45.8 Å². The van der Waals surface area contributed by atoms with Crippen molar-refractivity contribution in [2.75, 3.05) is 19.7 Å². The van der Waals surface area contributed by atoms with E-state index in [1.165, 1.54) is 0 Å². The van der Waals surface area contributed by atoms with E-state index in [1.54, 1.807) is 0 Å². The predicted octanol–water partition coefficient (Wildman–Crippen LogP) is 1.19. The molecule has 104 valence electrons. The molecule has 0 saturated carbocycles. The number of carbonyl (C=O) groups excluding carboxylic acids is 1. The standard InChI is InChI=1S/C14H21N3O2/c1-3-13-12(8-10(2)15-16-13)14(19)17-6-4-11(9-17)5-7-18/h8,11,18H,3-7,9H2,1-2H3. The Morgan fingerprint density at radius 2 is 2.32 bits per heavy atom. The maximum Gasteiger partial charge on any atom is 0.255 e. The van der Waals surface area contributed by atoms with Gasteiger partial charge in [-0.3, -0.25) is 4.79 Å². The molecule has 1 aromatic heterocycles. The molecular formula is C14H21N3O2. The summed E-state index contributed by atoms with van der Waals surface area (Å²) in [6, 6.07) is 1.83. The van der Waals surface area contributed by atoms with E-state index in [0.717, 1.165) is 37.3 Å². The zero-order valence-corrected chi connectivity index (χ0v) is 11.6. The molecule has 0 bridgehead atoms. The van der Waals surface area contributed by atoms with Crippen LogP contribution >= 0.6 is 0 Å². The number of hydrogen-bond acceptors (Lipinski definition) is 4. The fourth-order valence-electron chi connectivity index (χ4n) is 2.57. The Balaban J connectivity index is 2.14. The van der Waals surface area contributed by atoms with Crippen LogP contribution in [-0.2, 0) is 6.42 Å². The van der Waals surface area contributed by atoms with E-state index in [0.29, 0.717) is 17.9 Å². The highest BCUT2D eigenvalue weighted by atomic mass is 16.3. The summed E-state index contributed by atoms with van der Waals surface area (Å²) in [5, 5.41) is 17.1. The molecule has 1 aromatic rings. The lowest BCUT2D eigenvalue weighted by molar-refractivity contribution is 0.0782. The highest BCUT2D eigenvalue weighted by Gasteiger charge is 2.28. The van der Waals surface area contributed by atoms with Crippen LogP contribution in [0, 0.1) is 12.8 Å². The van der Waals surface area contributed by atoms with Crippen LogP contribution in [0.25, 0.3) is 0 Å². The van der Waals surface area contributed by atoms with E-state index < -0.39 is 0 Å². The minimum absolute atomic E-state index is 0.0512. The molecule has 1 atom stereocenters. The van der Waals surface area contributed by atoms with Crippen molar-refractivity contribution in [2.24, 2.45) is 5.92 Å². The monoisotopic (exact) mass is 263 g/mol. The van der Waals surface area contributed by atoms with Gasteiger partial charge in [0.15, 0.2) is 0 Å². The first-order valence-electron chi connectivity index (χ1n) is 6.89. The lowest BCUT2D eigenvalue weighted by atomic mass is 10.1. The van der Waals surface area contributed by atoms with Crippen molar-refractivity contribution in [2.45, 2.75) is 33.1 Å². The molecule has 0 spiro atoms. The van der Waals surface area contributed by atoms with Crippen molar-refractivity contribution in [3.05, 3.63) is 23.0 Å². The number of hydrogen-bond donors (Lipinski definition) is 1. The summed E-state index contributed by atoms with van der Waals surface area (Å²) in [5.74, 6) is 0.477. The highest BCUT2D eigenvalue weighted by Crippen LogP contribution is 2.22. The van der Waals surface area contributed by atoms with Crippen molar-refractivity contribution >= 4 is 5.91 Å². The smallest absolute Gasteiger partial charge is 0.255 e. The third kappa shape index (κ3) is 3.10. The number of aliphatic hydroxyl groups excluding tert-OH is 1. The van der Waals surface area contributed by atoms with Crippen LogP contribution in [0.15, 0.2) is 6.07 Å². The van der Waals surface area contributed by atoms with Crippen LogP contribution in [0.4, 0.5) is 0 Å². The summed E-state index contributed by atoms with van der Waals surface area (Å²) in [4.78, 5) is 14.4. The first-order chi connectivity index (χ1) is 9.15. The fourth-order valence-corrected chi connectivity index (χ4v) is 2.57. The molecule has 2 rings (SSSR count). The van der Waals surface area contributed by atoms with Gasteiger partial charge in [-0.1, -0.05) is 6.92 Å². The molecule has 1 amide bonds. The van der Waals surface area contributed by atoms with Crippen molar-refractivity contribution in [1.29, 1.82) is 0 Å². The van der Waals surface area contributed by atoms with Crippen LogP contribution in [0.5, 0.6) is 0 Å². The normalized spacial score (nSPS) is 18.9. The van der Waals surface area contributed by atoms with Gasteiger partial charge in [0, 0.05) is 19.7 Å². The summed E-state index contributed by atoms with van der Waals surface area (Å²) in [6.45, 7) is 5.54. The lowest BCUT2D eigenvalue weighted by Crippen LogP contribution is -2.30. The van der Waals surface area contributed by atoms with Gasteiger partial charge < -0.3 is 10.0 Å². The molecule has 1 N–H and O–H groups in total. The quantitative estimate of drug-likeness (QED) is 0.886. The number of aromatic nitrogens is 2. The molecule has 5 nitrogen and oxygen atoms in total. The average Bonchev–Trinajstić information content (AvgIpc) is 2.87.